The molecule has 4 nitrogen and oxygen atoms in total. The van der Waals surface area contributed by atoms with Gasteiger partial charge in [-0.25, -0.2) is 0 Å². The summed E-state index contributed by atoms with van der Waals surface area (Å²) < 4.78 is 12.4. The first-order chi connectivity index (χ1) is 22.3. The van der Waals surface area contributed by atoms with Gasteiger partial charge in [0.05, 0.1) is 12.8 Å². The monoisotopic (exact) mass is 738 g/mol. The Hall–Kier alpha value is -0.0462. The largest absolute Gasteiger partial charge is 0.519 e. The average molecular weight is 740 g/mol. The van der Waals surface area contributed by atoms with Gasteiger partial charge in [-0.05, 0) is 54.0 Å². The highest BCUT2D eigenvalue weighted by Crippen LogP contribution is 2.33. The van der Waals surface area contributed by atoms with Crippen LogP contribution >= 0.6 is 23.2 Å². The van der Waals surface area contributed by atoms with E-state index in [0.717, 1.165) is 37.4 Å². The van der Waals surface area contributed by atoms with Crippen LogP contribution in [0.1, 0.15) is 171 Å². The van der Waals surface area contributed by atoms with E-state index in [2.05, 4.69) is 62.3 Å². The van der Waals surface area contributed by atoms with Gasteiger partial charge < -0.3 is 8.85 Å². The number of rotatable bonds is 30. The molecule has 0 aromatic rings. The number of carbonyl (C=O) groups is 2. The lowest BCUT2D eigenvalue weighted by Gasteiger charge is -2.33. The molecule has 0 aromatic carbocycles. The molecule has 0 atom stereocenters. The second-order valence-corrected chi connectivity index (χ2v) is 24.3. The predicted octanol–water partition coefficient (Wildman–Crippen LogP) is 14.1. The van der Waals surface area contributed by atoms with Gasteiger partial charge in [-0.1, -0.05) is 159 Å². The third-order valence-corrected chi connectivity index (χ3v) is 18.3. The Kier molecular flexibility index (Phi) is 33.3. The molecule has 0 N–H and O–H groups in total. The highest BCUT2D eigenvalue weighted by Gasteiger charge is 2.38. The smallest absolute Gasteiger partial charge is 0.293 e. The van der Waals surface area contributed by atoms with Crippen LogP contribution in [0.2, 0.25) is 36.3 Å². The molecule has 8 heteroatoms. The number of unbranched alkanes of at least 4 members (excludes halogenated alkanes) is 9. The number of hydrogen-bond donors (Lipinski definition) is 0. The van der Waals surface area contributed by atoms with E-state index in [1.54, 1.807) is 0 Å². The summed E-state index contributed by atoms with van der Waals surface area (Å²) in [6.45, 7) is 20.3. The van der Waals surface area contributed by atoms with Gasteiger partial charge in [0.15, 0.2) is 0 Å². The minimum absolute atomic E-state index is 0.0388. The SMILES string of the molecule is CC(C)CC[Si](CCC(C)C)(CCC(C)C)OC(=O)CCCl.CCCCCC[Si](CCCCCC)(CCCCCC)OC(=O)CCCl. The molecule has 0 aliphatic carbocycles. The molecule has 0 aliphatic rings. The van der Waals surface area contributed by atoms with Crippen LogP contribution in [0, 0.1) is 17.8 Å². The maximum absolute atomic E-state index is 12.3. The zero-order valence-electron chi connectivity index (χ0n) is 32.8. The third kappa shape index (κ3) is 29.4. The fourth-order valence-corrected chi connectivity index (χ4v) is 15.7. The highest BCUT2D eigenvalue weighted by atomic mass is 35.5. The van der Waals surface area contributed by atoms with E-state index >= 15 is 0 Å². The topological polar surface area (TPSA) is 52.6 Å². The van der Waals surface area contributed by atoms with Crippen molar-refractivity contribution < 1.29 is 18.4 Å². The van der Waals surface area contributed by atoms with Crippen LogP contribution in [0.25, 0.3) is 0 Å². The van der Waals surface area contributed by atoms with Crippen molar-refractivity contribution in [2.24, 2.45) is 17.8 Å². The van der Waals surface area contributed by atoms with Crippen LogP contribution < -0.4 is 0 Å². The summed E-state index contributed by atoms with van der Waals surface area (Å²) >= 11 is 11.5. The summed E-state index contributed by atoms with van der Waals surface area (Å²) in [5.41, 5.74) is 0. The Balaban J connectivity index is 0. The predicted molar refractivity (Wildman–Crippen MR) is 214 cm³/mol. The first-order valence-corrected chi connectivity index (χ1v) is 26.0. The molecular weight excluding hydrogens is 660 g/mol. The Morgan fingerprint density at radius 1 is 0.468 bits per heavy atom. The molecular formula is C39H80Cl2O4Si2. The van der Waals surface area contributed by atoms with Gasteiger partial charge in [0.2, 0.25) is 0 Å². The summed E-state index contributed by atoms with van der Waals surface area (Å²) in [5, 5.41) is 0. The molecule has 47 heavy (non-hydrogen) atoms. The minimum Gasteiger partial charge on any atom is -0.519 e. The highest BCUT2D eigenvalue weighted by molar-refractivity contribution is 6.75. The number of carbonyl (C=O) groups excluding carboxylic acids is 2. The van der Waals surface area contributed by atoms with E-state index in [4.69, 9.17) is 32.1 Å². The summed E-state index contributed by atoms with van der Waals surface area (Å²) in [7, 11) is -3.95. The zero-order chi connectivity index (χ0) is 36.0. The molecule has 282 valence electrons. The summed E-state index contributed by atoms with van der Waals surface area (Å²) in [6.07, 6.45) is 19.4. The summed E-state index contributed by atoms with van der Waals surface area (Å²) in [4.78, 5) is 24.4. The minimum atomic E-state index is -1.99. The lowest BCUT2D eigenvalue weighted by Crippen LogP contribution is -2.41. The first kappa shape index (κ1) is 49.1. The van der Waals surface area contributed by atoms with Crippen LogP contribution in [0.5, 0.6) is 0 Å². The van der Waals surface area contributed by atoms with Gasteiger partial charge in [-0.2, -0.15) is 0 Å². The van der Waals surface area contributed by atoms with Crippen molar-refractivity contribution >= 4 is 51.8 Å². The van der Waals surface area contributed by atoms with Gasteiger partial charge >= 0.3 is 0 Å². The Bertz CT molecular complexity index is 671. The van der Waals surface area contributed by atoms with Crippen LogP contribution in [0.15, 0.2) is 0 Å². The Morgan fingerprint density at radius 2 is 0.745 bits per heavy atom. The number of halogens is 2. The summed E-state index contributed by atoms with van der Waals surface area (Å²) in [5.74, 6) is 2.62. The van der Waals surface area contributed by atoms with E-state index in [0.29, 0.717) is 42.4 Å². The normalized spacial score (nSPS) is 12.0. The van der Waals surface area contributed by atoms with Gasteiger partial charge in [0.25, 0.3) is 28.6 Å². The quantitative estimate of drug-likeness (QED) is 0.0418. The molecule has 0 radical (unpaired) electrons. The second kappa shape index (κ2) is 31.9. The van der Waals surface area contributed by atoms with Crippen molar-refractivity contribution in [2.75, 3.05) is 11.8 Å². The van der Waals surface area contributed by atoms with Gasteiger partial charge in [0, 0.05) is 11.8 Å². The van der Waals surface area contributed by atoms with Crippen LogP contribution in [0.3, 0.4) is 0 Å². The first-order valence-electron chi connectivity index (χ1n) is 19.9. The molecule has 0 rings (SSSR count). The van der Waals surface area contributed by atoms with Gasteiger partial charge in [-0.3, -0.25) is 9.59 Å². The molecule has 0 aliphatic heterocycles. The van der Waals surface area contributed by atoms with Crippen LogP contribution in [-0.4, -0.2) is 40.3 Å². The van der Waals surface area contributed by atoms with Crippen molar-refractivity contribution in [1.82, 2.24) is 0 Å². The van der Waals surface area contributed by atoms with Crippen LogP contribution in [-0.2, 0) is 18.4 Å². The fraction of sp³-hybridized carbons (Fsp3) is 0.949. The molecule has 0 unspecified atom stereocenters. The van der Waals surface area contributed by atoms with E-state index in [9.17, 15) is 9.59 Å². The van der Waals surface area contributed by atoms with E-state index in [1.165, 1.54) is 95.2 Å². The van der Waals surface area contributed by atoms with E-state index in [1.807, 2.05) is 0 Å². The fourth-order valence-electron chi connectivity index (χ4n) is 6.07. The second-order valence-electron chi connectivity index (χ2n) is 15.4. The van der Waals surface area contributed by atoms with Crippen molar-refractivity contribution in [1.29, 1.82) is 0 Å². The van der Waals surface area contributed by atoms with Gasteiger partial charge in [-0.15, -0.1) is 23.2 Å². The molecule has 0 heterocycles. The standard InChI is InChI=1S/C21H43ClO2Si.C18H37ClO2Si/c1-4-7-10-13-18-25(19-14-11-8-5-2,20-15-12-9-6-3)24-21(23)16-17-22;1-15(2)8-12-22(13-9-16(3)4,14-10-17(5)6)21-18(20)7-11-19/h4-20H2,1-3H3;15-17H,7-14H2,1-6H3. The molecule has 0 saturated carbocycles. The number of hydrogen-bond acceptors (Lipinski definition) is 4. The van der Waals surface area contributed by atoms with Crippen molar-refractivity contribution in [3.8, 4) is 0 Å². The molecule has 0 amide bonds. The lowest BCUT2D eigenvalue weighted by atomic mass is 10.2. The molecule has 0 spiro atoms. The lowest BCUT2D eigenvalue weighted by molar-refractivity contribution is -0.135. The van der Waals surface area contributed by atoms with Crippen molar-refractivity contribution in [3.63, 3.8) is 0 Å². The molecule has 0 bridgehead atoms. The summed E-state index contributed by atoms with van der Waals surface area (Å²) in [6, 6.07) is 6.83. The van der Waals surface area contributed by atoms with Gasteiger partial charge in [0.1, 0.15) is 0 Å². The molecule has 0 fully saturated rings. The molecule has 0 saturated heterocycles. The Labute approximate surface area is 306 Å². The third-order valence-electron chi connectivity index (χ3n) is 9.25. The van der Waals surface area contributed by atoms with Crippen molar-refractivity contribution in [2.45, 2.75) is 208 Å². The number of alkyl halides is 2. The van der Waals surface area contributed by atoms with Crippen LogP contribution in [0.4, 0.5) is 0 Å². The zero-order valence-corrected chi connectivity index (χ0v) is 36.3. The van der Waals surface area contributed by atoms with E-state index < -0.39 is 16.6 Å². The van der Waals surface area contributed by atoms with Crippen molar-refractivity contribution in [3.05, 3.63) is 0 Å². The maximum atomic E-state index is 12.3. The average Bonchev–Trinajstić information content (AvgIpc) is 3.01. The maximum Gasteiger partial charge on any atom is 0.293 e. The molecule has 0 aromatic heterocycles. The van der Waals surface area contributed by atoms with E-state index in [-0.39, 0.29) is 11.9 Å². The Morgan fingerprint density at radius 3 is 0.979 bits per heavy atom.